The van der Waals surface area contributed by atoms with Crippen molar-refractivity contribution in [2.75, 3.05) is 6.54 Å². The van der Waals surface area contributed by atoms with Crippen LogP contribution in [-0.4, -0.2) is 16.5 Å². The van der Waals surface area contributed by atoms with Crippen molar-refractivity contribution in [1.82, 2.24) is 15.3 Å². The molecule has 0 unspecified atom stereocenters. The highest BCUT2D eigenvalue weighted by molar-refractivity contribution is 9.10. The van der Waals surface area contributed by atoms with E-state index >= 15 is 0 Å². The maximum Gasteiger partial charge on any atom is 0.434 e. The molecule has 21 heavy (non-hydrogen) atoms. The van der Waals surface area contributed by atoms with Gasteiger partial charge in [-0.15, -0.1) is 11.3 Å². The van der Waals surface area contributed by atoms with Gasteiger partial charge in [-0.3, -0.25) is 4.98 Å². The largest absolute Gasteiger partial charge is 0.434 e. The summed E-state index contributed by atoms with van der Waals surface area (Å²) in [5.41, 5.74) is -0.383. The van der Waals surface area contributed by atoms with Crippen LogP contribution in [0, 0.1) is 0 Å². The Balaban J connectivity index is 2.33. The van der Waals surface area contributed by atoms with Gasteiger partial charge < -0.3 is 5.32 Å². The van der Waals surface area contributed by atoms with Gasteiger partial charge in [0.2, 0.25) is 0 Å². The molecule has 114 valence electrons. The van der Waals surface area contributed by atoms with Crippen molar-refractivity contribution in [3.63, 3.8) is 0 Å². The van der Waals surface area contributed by atoms with Gasteiger partial charge in [-0.25, -0.2) is 4.98 Å². The molecule has 0 saturated carbocycles. The Morgan fingerprint density at radius 1 is 1.33 bits per heavy atom. The molecule has 0 saturated heterocycles. The van der Waals surface area contributed by atoms with Crippen LogP contribution >= 0.6 is 27.3 Å². The molecular weight excluding hydrogens is 367 g/mol. The van der Waals surface area contributed by atoms with Crippen LogP contribution in [0.3, 0.4) is 0 Å². The van der Waals surface area contributed by atoms with Crippen molar-refractivity contribution in [2.24, 2.45) is 0 Å². The van der Waals surface area contributed by atoms with E-state index in [1.165, 1.54) is 0 Å². The fourth-order valence-electron chi connectivity index (χ4n) is 1.68. The molecule has 2 rings (SSSR count). The van der Waals surface area contributed by atoms with E-state index in [-0.39, 0.29) is 16.4 Å². The van der Waals surface area contributed by atoms with Crippen LogP contribution in [0.25, 0.3) is 10.7 Å². The molecule has 0 amide bonds. The minimum atomic E-state index is -4.45. The van der Waals surface area contributed by atoms with E-state index in [0.717, 1.165) is 22.2 Å². The van der Waals surface area contributed by atoms with Crippen molar-refractivity contribution < 1.29 is 13.2 Å². The fraction of sp³-hybridized carbons (Fsp3) is 0.385. The highest BCUT2D eigenvalue weighted by Gasteiger charge is 2.37. The lowest BCUT2D eigenvalue weighted by molar-refractivity contribution is -0.141. The molecule has 0 aromatic carbocycles. The zero-order valence-electron chi connectivity index (χ0n) is 11.2. The third kappa shape index (κ3) is 4.24. The highest BCUT2D eigenvalue weighted by atomic mass is 79.9. The molecule has 0 spiro atoms. The Kier molecular flexibility index (Phi) is 5.34. The summed E-state index contributed by atoms with van der Waals surface area (Å²) in [6, 6.07) is 3.37. The summed E-state index contributed by atoms with van der Waals surface area (Å²) in [7, 11) is 0. The van der Waals surface area contributed by atoms with Gasteiger partial charge in [0.05, 0.1) is 10.6 Å². The van der Waals surface area contributed by atoms with Crippen LogP contribution in [0.2, 0.25) is 0 Å². The second-order valence-electron chi connectivity index (χ2n) is 4.33. The number of halogens is 4. The van der Waals surface area contributed by atoms with Crippen molar-refractivity contribution in [3.05, 3.63) is 33.4 Å². The van der Waals surface area contributed by atoms with E-state index in [1.807, 2.05) is 6.92 Å². The lowest BCUT2D eigenvalue weighted by atomic mass is 10.3. The number of hydrogen-bond acceptors (Lipinski definition) is 4. The van der Waals surface area contributed by atoms with Crippen LogP contribution in [0.4, 0.5) is 13.2 Å². The molecule has 0 aliphatic carbocycles. The standard InChI is InChI=1S/C13H13BrF3N3S/c1-2-5-18-7-10-11(13(15,16)17)20-12(21-10)9-4-3-8(14)6-19-9/h3-4,6,18H,2,5,7H2,1H3. The van der Waals surface area contributed by atoms with Crippen LogP contribution in [0.1, 0.15) is 23.9 Å². The van der Waals surface area contributed by atoms with Gasteiger partial charge in [0.1, 0.15) is 5.01 Å². The van der Waals surface area contributed by atoms with Gasteiger partial charge in [0.15, 0.2) is 5.69 Å². The second kappa shape index (κ2) is 6.85. The van der Waals surface area contributed by atoms with E-state index in [1.54, 1.807) is 18.3 Å². The lowest BCUT2D eigenvalue weighted by Crippen LogP contribution is -2.17. The third-order valence-electron chi connectivity index (χ3n) is 2.62. The maximum atomic E-state index is 13.0. The molecule has 0 fully saturated rings. The summed E-state index contributed by atoms with van der Waals surface area (Å²) in [5.74, 6) is 0. The molecule has 3 nitrogen and oxygen atoms in total. The number of nitrogens with one attached hydrogen (secondary N) is 1. The van der Waals surface area contributed by atoms with Gasteiger partial charge in [0.25, 0.3) is 0 Å². The smallest absolute Gasteiger partial charge is 0.312 e. The Labute approximate surface area is 132 Å². The minimum absolute atomic E-state index is 0.164. The zero-order chi connectivity index (χ0) is 15.5. The van der Waals surface area contributed by atoms with Crippen molar-refractivity contribution in [3.8, 4) is 10.7 Å². The van der Waals surface area contributed by atoms with Crippen molar-refractivity contribution in [2.45, 2.75) is 26.1 Å². The Hall–Kier alpha value is -0.990. The number of nitrogens with zero attached hydrogens (tertiary/aromatic N) is 2. The molecular formula is C13H13BrF3N3S. The summed E-state index contributed by atoms with van der Waals surface area (Å²) in [6.07, 6.45) is -2.05. The fourth-order valence-corrected chi connectivity index (χ4v) is 2.95. The first-order valence-electron chi connectivity index (χ1n) is 6.31. The first-order valence-corrected chi connectivity index (χ1v) is 7.92. The van der Waals surface area contributed by atoms with Gasteiger partial charge in [-0.2, -0.15) is 13.2 Å². The molecule has 0 aliphatic rings. The molecule has 2 aromatic heterocycles. The molecule has 2 aromatic rings. The van der Waals surface area contributed by atoms with E-state index in [9.17, 15) is 13.2 Å². The molecule has 8 heteroatoms. The third-order valence-corrected chi connectivity index (χ3v) is 4.17. The van der Waals surface area contributed by atoms with Crippen LogP contribution in [0.5, 0.6) is 0 Å². The van der Waals surface area contributed by atoms with Crippen LogP contribution in [-0.2, 0) is 12.7 Å². The van der Waals surface area contributed by atoms with Gasteiger partial charge in [-0.1, -0.05) is 6.92 Å². The number of hydrogen-bond donors (Lipinski definition) is 1. The number of alkyl halides is 3. The second-order valence-corrected chi connectivity index (χ2v) is 6.33. The van der Waals surface area contributed by atoms with Gasteiger partial charge in [-0.05, 0) is 41.0 Å². The first kappa shape index (κ1) is 16.4. The predicted octanol–water partition coefficient (Wildman–Crippen LogP) is 4.49. The summed E-state index contributed by atoms with van der Waals surface area (Å²) >= 11 is 4.27. The SMILES string of the molecule is CCCNCc1sc(-c2ccc(Br)cn2)nc1C(F)(F)F. The van der Waals surface area contributed by atoms with E-state index in [4.69, 9.17) is 0 Å². The summed E-state index contributed by atoms with van der Waals surface area (Å²) in [6.45, 7) is 2.79. The summed E-state index contributed by atoms with van der Waals surface area (Å²) in [4.78, 5) is 8.02. The molecule has 0 atom stereocenters. The normalized spacial score (nSPS) is 11.9. The van der Waals surface area contributed by atoms with Gasteiger partial charge >= 0.3 is 6.18 Å². The monoisotopic (exact) mass is 379 g/mol. The van der Waals surface area contributed by atoms with Crippen molar-refractivity contribution >= 4 is 27.3 Å². The Morgan fingerprint density at radius 3 is 2.67 bits per heavy atom. The number of thiazole rings is 1. The molecule has 0 bridgehead atoms. The first-order chi connectivity index (χ1) is 9.91. The number of aromatic nitrogens is 2. The van der Waals surface area contributed by atoms with E-state index in [2.05, 4.69) is 31.2 Å². The topological polar surface area (TPSA) is 37.8 Å². The number of pyridine rings is 1. The molecule has 0 radical (unpaired) electrons. The average molecular weight is 380 g/mol. The van der Waals surface area contributed by atoms with E-state index < -0.39 is 11.9 Å². The van der Waals surface area contributed by atoms with Gasteiger partial charge in [0, 0.05) is 17.2 Å². The molecule has 2 heterocycles. The van der Waals surface area contributed by atoms with Crippen molar-refractivity contribution in [1.29, 1.82) is 0 Å². The zero-order valence-corrected chi connectivity index (χ0v) is 13.6. The maximum absolute atomic E-state index is 13.0. The van der Waals surface area contributed by atoms with E-state index in [0.29, 0.717) is 12.2 Å². The summed E-state index contributed by atoms with van der Waals surface area (Å²) in [5, 5.41) is 3.26. The predicted molar refractivity (Wildman–Crippen MR) is 80.0 cm³/mol. The quantitative estimate of drug-likeness (QED) is 0.777. The Morgan fingerprint density at radius 2 is 2.10 bits per heavy atom. The molecule has 0 aliphatic heterocycles. The Bertz CT molecular complexity index is 596. The highest BCUT2D eigenvalue weighted by Crippen LogP contribution is 2.37. The number of rotatable bonds is 5. The molecule has 1 N–H and O–H groups in total. The van der Waals surface area contributed by atoms with Crippen LogP contribution in [0.15, 0.2) is 22.8 Å². The average Bonchev–Trinajstić information content (AvgIpc) is 2.84. The lowest BCUT2D eigenvalue weighted by Gasteiger charge is -2.06. The summed E-state index contributed by atoms with van der Waals surface area (Å²) < 4.78 is 39.9. The van der Waals surface area contributed by atoms with Crippen LogP contribution < -0.4 is 5.32 Å². The minimum Gasteiger partial charge on any atom is -0.312 e.